The molecular formula is C22H19ClN2O5S2. The van der Waals surface area contributed by atoms with Crippen LogP contribution in [0.5, 0.6) is 11.5 Å². The zero-order valence-corrected chi connectivity index (χ0v) is 19.6. The first-order chi connectivity index (χ1) is 15.3. The third kappa shape index (κ3) is 4.32. The van der Waals surface area contributed by atoms with Crippen molar-refractivity contribution >= 4 is 48.9 Å². The Balaban J connectivity index is 1.70. The van der Waals surface area contributed by atoms with Crippen molar-refractivity contribution in [3.8, 4) is 11.5 Å². The highest BCUT2D eigenvalue weighted by atomic mass is 35.5. The Morgan fingerprint density at radius 1 is 1.03 bits per heavy atom. The summed E-state index contributed by atoms with van der Waals surface area (Å²) in [6, 6.07) is 16.7. The monoisotopic (exact) mass is 490 g/mol. The summed E-state index contributed by atoms with van der Waals surface area (Å²) in [6.07, 6.45) is 0. The molecule has 3 aromatic carbocycles. The van der Waals surface area contributed by atoms with Gasteiger partial charge >= 0.3 is 4.87 Å². The second-order valence-corrected chi connectivity index (χ2v) is 9.93. The molecule has 4 aromatic rings. The van der Waals surface area contributed by atoms with Crippen LogP contribution in [0.4, 0.5) is 5.69 Å². The fraction of sp³-hybridized carbons (Fsp3) is 0.136. The van der Waals surface area contributed by atoms with E-state index in [4.69, 9.17) is 21.1 Å². The summed E-state index contributed by atoms with van der Waals surface area (Å²) in [5.41, 5.74) is 1.69. The van der Waals surface area contributed by atoms with E-state index in [1.165, 1.54) is 32.4 Å². The van der Waals surface area contributed by atoms with Crippen LogP contribution >= 0.6 is 22.9 Å². The number of aromatic nitrogens is 1. The van der Waals surface area contributed by atoms with Crippen LogP contribution in [-0.2, 0) is 16.6 Å². The molecule has 32 heavy (non-hydrogen) atoms. The van der Waals surface area contributed by atoms with Crippen molar-refractivity contribution in [1.82, 2.24) is 4.57 Å². The maximum Gasteiger partial charge on any atom is 0.308 e. The lowest BCUT2D eigenvalue weighted by Crippen LogP contribution is -2.14. The average Bonchev–Trinajstić information content (AvgIpc) is 3.09. The van der Waals surface area contributed by atoms with E-state index in [0.29, 0.717) is 33.3 Å². The number of methoxy groups -OCH3 is 2. The number of fused-ring (bicyclic) bond motifs is 1. The van der Waals surface area contributed by atoms with Gasteiger partial charge in [-0.1, -0.05) is 41.1 Å². The van der Waals surface area contributed by atoms with Crippen molar-refractivity contribution in [2.45, 2.75) is 11.4 Å². The van der Waals surface area contributed by atoms with E-state index in [1.54, 1.807) is 28.8 Å². The molecule has 4 rings (SSSR count). The Labute approximate surface area is 193 Å². The molecule has 166 valence electrons. The summed E-state index contributed by atoms with van der Waals surface area (Å²) < 4.78 is 41.2. The molecule has 0 radical (unpaired) electrons. The van der Waals surface area contributed by atoms with Crippen LogP contribution < -0.4 is 19.1 Å². The van der Waals surface area contributed by atoms with Crippen LogP contribution in [0.25, 0.3) is 10.2 Å². The Kier molecular flexibility index (Phi) is 6.14. The summed E-state index contributed by atoms with van der Waals surface area (Å²) in [5, 5.41) is 0.564. The minimum atomic E-state index is -3.94. The lowest BCUT2D eigenvalue weighted by Gasteiger charge is -2.13. The standard InChI is InChI=1S/C22H19ClN2O5S2/c1-29-15-7-10-20(30-2)18(11-15)24-32(27,28)16-8-9-19-21(12-16)31-22(26)25(19)13-14-5-3-4-6-17(14)23/h3-12,24H,13H2,1-2H3. The number of anilines is 1. The van der Waals surface area contributed by atoms with Gasteiger partial charge in [0.1, 0.15) is 11.5 Å². The molecule has 0 atom stereocenters. The van der Waals surface area contributed by atoms with E-state index >= 15 is 0 Å². The summed E-state index contributed by atoms with van der Waals surface area (Å²) in [5.74, 6) is 0.833. The third-order valence-electron chi connectivity index (χ3n) is 4.89. The van der Waals surface area contributed by atoms with Crippen LogP contribution in [0.3, 0.4) is 0 Å². The normalized spacial score (nSPS) is 11.5. The van der Waals surface area contributed by atoms with E-state index in [2.05, 4.69) is 4.72 Å². The largest absolute Gasteiger partial charge is 0.497 e. The SMILES string of the molecule is COc1ccc(OC)c(NS(=O)(=O)c2ccc3c(c2)sc(=O)n3Cc2ccccc2Cl)c1. The highest BCUT2D eigenvalue weighted by molar-refractivity contribution is 7.92. The van der Waals surface area contributed by atoms with Crippen molar-refractivity contribution in [3.63, 3.8) is 0 Å². The maximum absolute atomic E-state index is 13.0. The Hall–Kier alpha value is -3.01. The number of halogens is 1. The van der Waals surface area contributed by atoms with E-state index in [-0.39, 0.29) is 15.5 Å². The summed E-state index contributed by atoms with van der Waals surface area (Å²) in [6.45, 7) is 0.295. The van der Waals surface area contributed by atoms with Gasteiger partial charge in [-0.3, -0.25) is 14.1 Å². The smallest absolute Gasteiger partial charge is 0.308 e. The molecule has 1 aromatic heterocycles. The zero-order valence-electron chi connectivity index (χ0n) is 17.2. The predicted molar refractivity (Wildman–Crippen MR) is 127 cm³/mol. The van der Waals surface area contributed by atoms with Gasteiger partial charge in [0, 0.05) is 11.1 Å². The second-order valence-electron chi connectivity index (χ2n) is 6.85. The molecular weight excluding hydrogens is 472 g/mol. The topological polar surface area (TPSA) is 86.6 Å². The molecule has 0 bridgehead atoms. The van der Waals surface area contributed by atoms with Crippen molar-refractivity contribution in [2.75, 3.05) is 18.9 Å². The van der Waals surface area contributed by atoms with E-state index < -0.39 is 10.0 Å². The molecule has 0 amide bonds. The molecule has 1 heterocycles. The van der Waals surface area contributed by atoms with Gasteiger partial charge in [-0.05, 0) is 42.0 Å². The third-order valence-corrected chi connectivity index (χ3v) is 7.56. The van der Waals surface area contributed by atoms with Gasteiger partial charge < -0.3 is 9.47 Å². The molecule has 0 aliphatic rings. The van der Waals surface area contributed by atoms with Crippen LogP contribution in [0.15, 0.2) is 70.4 Å². The van der Waals surface area contributed by atoms with Crippen LogP contribution in [0, 0.1) is 0 Å². The summed E-state index contributed by atoms with van der Waals surface area (Å²) >= 11 is 7.22. The molecule has 7 nitrogen and oxygen atoms in total. The average molecular weight is 491 g/mol. The number of benzene rings is 3. The quantitative estimate of drug-likeness (QED) is 0.409. The first-order valence-electron chi connectivity index (χ1n) is 9.44. The molecule has 1 N–H and O–H groups in total. The van der Waals surface area contributed by atoms with E-state index in [0.717, 1.165) is 16.9 Å². The van der Waals surface area contributed by atoms with Crippen molar-refractivity contribution < 1.29 is 17.9 Å². The molecule has 0 unspecified atom stereocenters. The predicted octanol–water partition coefficient (Wildman–Crippen LogP) is 4.58. The number of rotatable bonds is 7. The highest BCUT2D eigenvalue weighted by Gasteiger charge is 2.19. The molecule has 0 aliphatic carbocycles. The van der Waals surface area contributed by atoms with Crippen molar-refractivity contribution in [3.05, 3.63) is 80.9 Å². The highest BCUT2D eigenvalue weighted by Crippen LogP contribution is 2.32. The minimum Gasteiger partial charge on any atom is -0.497 e. The number of sulfonamides is 1. The molecule has 0 saturated carbocycles. The van der Waals surface area contributed by atoms with Crippen LogP contribution in [0.2, 0.25) is 5.02 Å². The number of nitrogens with one attached hydrogen (secondary N) is 1. The zero-order chi connectivity index (χ0) is 22.9. The molecule has 0 spiro atoms. The van der Waals surface area contributed by atoms with Gasteiger partial charge in [-0.25, -0.2) is 8.42 Å². The van der Waals surface area contributed by atoms with Gasteiger partial charge in [0.25, 0.3) is 10.0 Å². The van der Waals surface area contributed by atoms with Gasteiger partial charge in [-0.2, -0.15) is 0 Å². The number of thiazole rings is 1. The van der Waals surface area contributed by atoms with Gasteiger partial charge in [0.2, 0.25) is 0 Å². The minimum absolute atomic E-state index is 0.0287. The Morgan fingerprint density at radius 3 is 2.53 bits per heavy atom. The lowest BCUT2D eigenvalue weighted by molar-refractivity contribution is 0.405. The van der Waals surface area contributed by atoms with Crippen molar-refractivity contribution in [1.29, 1.82) is 0 Å². The summed E-state index contributed by atoms with van der Waals surface area (Å²) in [7, 11) is -1.00. The molecule has 0 saturated heterocycles. The number of nitrogens with zero attached hydrogens (tertiary/aromatic N) is 1. The van der Waals surface area contributed by atoms with Gasteiger partial charge in [0.05, 0.1) is 41.6 Å². The fourth-order valence-electron chi connectivity index (χ4n) is 3.26. The first-order valence-corrected chi connectivity index (χ1v) is 12.1. The maximum atomic E-state index is 13.0. The Bertz CT molecular complexity index is 1460. The number of hydrogen-bond acceptors (Lipinski definition) is 6. The molecule has 0 aliphatic heterocycles. The van der Waals surface area contributed by atoms with Crippen LogP contribution in [-0.4, -0.2) is 27.2 Å². The van der Waals surface area contributed by atoms with E-state index in [9.17, 15) is 13.2 Å². The molecule has 0 fully saturated rings. The lowest BCUT2D eigenvalue weighted by atomic mass is 10.2. The number of ether oxygens (including phenoxy) is 2. The van der Waals surface area contributed by atoms with Gasteiger partial charge in [-0.15, -0.1) is 0 Å². The number of hydrogen-bond donors (Lipinski definition) is 1. The van der Waals surface area contributed by atoms with E-state index in [1.807, 2.05) is 18.2 Å². The fourth-order valence-corrected chi connectivity index (χ4v) is 5.55. The second kappa shape index (κ2) is 8.85. The first kappa shape index (κ1) is 22.2. The van der Waals surface area contributed by atoms with Crippen molar-refractivity contribution in [2.24, 2.45) is 0 Å². The van der Waals surface area contributed by atoms with Crippen LogP contribution in [0.1, 0.15) is 5.56 Å². The van der Waals surface area contributed by atoms with Gasteiger partial charge in [0.15, 0.2) is 0 Å². The summed E-state index contributed by atoms with van der Waals surface area (Å²) in [4.78, 5) is 12.4. The Morgan fingerprint density at radius 2 is 1.81 bits per heavy atom. The molecule has 10 heteroatoms.